The fourth-order valence-electron chi connectivity index (χ4n) is 3.22. The van der Waals surface area contributed by atoms with Gasteiger partial charge in [0.05, 0.1) is 0 Å². The standard InChI is InChI=1S/C16H20FN3O2/c17-13-3-1-2-12(10-13)11-18-15(22)20-8-6-16(7-9-20)5-4-14(21)19-16/h1-3,10H,4-9,11H2,(H,18,22)(H,19,21). The summed E-state index contributed by atoms with van der Waals surface area (Å²) in [6.45, 7) is 1.58. The maximum Gasteiger partial charge on any atom is 0.317 e. The first-order valence-electron chi connectivity index (χ1n) is 7.65. The highest BCUT2D eigenvalue weighted by molar-refractivity contribution is 5.79. The Kier molecular flexibility index (Phi) is 4.00. The van der Waals surface area contributed by atoms with Crippen LogP contribution in [0.1, 0.15) is 31.2 Å². The molecule has 2 aliphatic heterocycles. The molecular weight excluding hydrogens is 285 g/mol. The topological polar surface area (TPSA) is 61.4 Å². The molecule has 0 unspecified atom stereocenters. The number of amides is 3. The van der Waals surface area contributed by atoms with Crippen molar-refractivity contribution < 1.29 is 14.0 Å². The average Bonchev–Trinajstić information content (AvgIpc) is 2.86. The van der Waals surface area contributed by atoms with E-state index in [0.717, 1.165) is 24.8 Å². The summed E-state index contributed by atoms with van der Waals surface area (Å²) in [5, 5.41) is 5.87. The number of nitrogens with one attached hydrogen (secondary N) is 2. The number of rotatable bonds is 2. The Balaban J connectivity index is 1.49. The summed E-state index contributed by atoms with van der Waals surface area (Å²) < 4.78 is 13.1. The Hall–Kier alpha value is -2.11. The molecule has 0 radical (unpaired) electrons. The van der Waals surface area contributed by atoms with Gasteiger partial charge in [-0.25, -0.2) is 9.18 Å². The van der Waals surface area contributed by atoms with Crippen LogP contribution in [0.5, 0.6) is 0 Å². The van der Waals surface area contributed by atoms with Crippen molar-refractivity contribution in [3.05, 3.63) is 35.6 Å². The van der Waals surface area contributed by atoms with Crippen LogP contribution < -0.4 is 10.6 Å². The second-order valence-electron chi connectivity index (χ2n) is 6.10. The maximum absolute atomic E-state index is 13.1. The third-order valence-corrected chi connectivity index (χ3v) is 4.58. The molecule has 1 aromatic rings. The molecule has 2 fully saturated rings. The molecule has 2 N–H and O–H groups in total. The van der Waals surface area contributed by atoms with E-state index in [1.165, 1.54) is 12.1 Å². The molecule has 0 bridgehead atoms. The molecule has 2 saturated heterocycles. The van der Waals surface area contributed by atoms with Crippen LogP contribution in [0.3, 0.4) is 0 Å². The van der Waals surface area contributed by atoms with Gasteiger partial charge in [-0.15, -0.1) is 0 Å². The first-order chi connectivity index (χ1) is 10.6. The normalized spacial score (nSPS) is 20.0. The van der Waals surface area contributed by atoms with Crippen LogP contribution in [0, 0.1) is 5.82 Å². The zero-order chi connectivity index (χ0) is 15.6. The smallest absolute Gasteiger partial charge is 0.317 e. The molecule has 22 heavy (non-hydrogen) atoms. The molecule has 0 atom stereocenters. The van der Waals surface area contributed by atoms with E-state index < -0.39 is 0 Å². The Labute approximate surface area is 128 Å². The number of likely N-dealkylation sites (tertiary alicyclic amines) is 1. The van der Waals surface area contributed by atoms with E-state index in [-0.39, 0.29) is 23.3 Å². The molecule has 0 aliphatic carbocycles. The zero-order valence-electron chi connectivity index (χ0n) is 12.4. The third kappa shape index (κ3) is 3.21. The summed E-state index contributed by atoms with van der Waals surface area (Å²) >= 11 is 0. The molecule has 2 heterocycles. The van der Waals surface area contributed by atoms with E-state index in [0.29, 0.717) is 26.1 Å². The van der Waals surface area contributed by atoms with Crippen molar-refractivity contribution in [3.8, 4) is 0 Å². The van der Waals surface area contributed by atoms with Crippen molar-refractivity contribution >= 4 is 11.9 Å². The van der Waals surface area contributed by atoms with Gasteiger partial charge >= 0.3 is 6.03 Å². The predicted octanol–water partition coefficient (Wildman–Crippen LogP) is 1.78. The van der Waals surface area contributed by atoms with Gasteiger partial charge in [0, 0.05) is 31.6 Å². The summed E-state index contributed by atoms with van der Waals surface area (Å²) in [7, 11) is 0. The van der Waals surface area contributed by atoms with Gasteiger partial charge in [-0.2, -0.15) is 0 Å². The molecule has 0 aromatic heterocycles. The van der Waals surface area contributed by atoms with Crippen molar-refractivity contribution in [2.45, 2.75) is 37.8 Å². The number of halogens is 1. The Morgan fingerprint density at radius 2 is 2.09 bits per heavy atom. The summed E-state index contributed by atoms with van der Waals surface area (Å²) in [6.07, 6.45) is 3.05. The minimum Gasteiger partial charge on any atom is -0.351 e. The first kappa shape index (κ1) is 14.8. The van der Waals surface area contributed by atoms with Gasteiger partial charge in [-0.05, 0) is 37.0 Å². The highest BCUT2D eigenvalue weighted by Crippen LogP contribution is 2.31. The van der Waals surface area contributed by atoms with Crippen LogP contribution in [0.15, 0.2) is 24.3 Å². The average molecular weight is 305 g/mol. The van der Waals surface area contributed by atoms with E-state index >= 15 is 0 Å². The van der Waals surface area contributed by atoms with Gasteiger partial charge in [0.2, 0.25) is 5.91 Å². The molecular formula is C16H20FN3O2. The SMILES string of the molecule is O=C1CCC2(CCN(C(=O)NCc3cccc(F)c3)CC2)N1. The fourth-order valence-corrected chi connectivity index (χ4v) is 3.22. The number of piperidine rings is 1. The van der Waals surface area contributed by atoms with E-state index in [1.807, 2.05) is 0 Å². The lowest BCUT2D eigenvalue weighted by atomic mass is 9.86. The van der Waals surface area contributed by atoms with Gasteiger partial charge < -0.3 is 15.5 Å². The number of carbonyl (C=O) groups excluding carboxylic acids is 2. The minimum absolute atomic E-state index is 0.101. The van der Waals surface area contributed by atoms with Crippen LogP contribution in [-0.2, 0) is 11.3 Å². The zero-order valence-corrected chi connectivity index (χ0v) is 12.4. The Bertz CT molecular complexity index is 583. The number of hydrogen-bond acceptors (Lipinski definition) is 2. The first-order valence-corrected chi connectivity index (χ1v) is 7.65. The Morgan fingerprint density at radius 3 is 2.73 bits per heavy atom. The monoisotopic (exact) mass is 305 g/mol. The summed E-state index contributed by atoms with van der Waals surface area (Å²) in [6, 6.07) is 6.07. The predicted molar refractivity (Wildman–Crippen MR) is 79.6 cm³/mol. The number of carbonyl (C=O) groups is 2. The van der Waals surface area contributed by atoms with Crippen molar-refractivity contribution in [3.63, 3.8) is 0 Å². The van der Waals surface area contributed by atoms with Crippen LogP contribution in [0.25, 0.3) is 0 Å². The number of nitrogens with zero attached hydrogens (tertiary/aromatic N) is 1. The van der Waals surface area contributed by atoms with Gasteiger partial charge in [-0.1, -0.05) is 12.1 Å². The lowest BCUT2D eigenvalue weighted by Crippen LogP contribution is -2.53. The molecule has 0 saturated carbocycles. The molecule has 6 heteroatoms. The molecule has 3 rings (SSSR count). The molecule has 1 aromatic carbocycles. The van der Waals surface area contributed by atoms with E-state index in [9.17, 15) is 14.0 Å². The van der Waals surface area contributed by atoms with Crippen molar-refractivity contribution in [2.75, 3.05) is 13.1 Å². The second-order valence-corrected chi connectivity index (χ2v) is 6.10. The van der Waals surface area contributed by atoms with Gasteiger partial charge in [0.15, 0.2) is 0 Å². The lowest BCUT2D eigenvalue weighted by molar-refractivity contribution is -0.120. The number of urea groups is 1. The van der Waals surface area contributed by atoms with Crippen LogP contribution in [-0.4, -0.2) is 35.5 Å². The molecule has 3 amide bonds. The summed E-state index contributed by atoms with van der Waals surface area (Å²) in [4.78, 5) is 25.3. The fraction of sp³-hybridized carbons (Fsp3) is 0.500. The quantitative estimate of drug-likeness (QED) is 0.875. The van der Waals surface area contributed by atoms with Crippen LogP contribution >= 0.6 is 0 Å². The van der Waals surface area contributed by atoms with Crippen LogP contribution in [0.2, 0.25) is 0 Å². The van der Waals surface area contributed by atoms with Crippen molar-refractivity contribution in [1.29, 1.82) is 0 Å². The maximum atomic E-state index is 13.1. The van der Waals surface area contributed by atoms with Crippen LogP contribution in [0.4, 0.5) is 9.18 Å². The highest BCUT2D eigenvalue weighted by atomic mass is 19.1. The number of benzene rings is 1. The summed E-state index contributed by atoms with van der Waals surface area (Å²) in [5.41, 5.74) is 0.640. The Morgan fingerprint density at radius 1 is 1.32 bits per heavy atom. The molecule has 5 nitrogen and oxygen atoms in total. The van der Waals surface area contributed by atoms with Crippen molar-refractivity contribution in [2.24, 2.45) is 0 Å². The number of hydrogen-bond donors (Lipinski definition) is 2. The van der Waals surface area contributed by atoms with E-state index in [4.69, 9.17) is 0 Å². The minimum atomic E-state index is -0.302. The second kappa shape index (κ2) is 5.94. The molecule has 118 valence electrons. The van der Waals surface area contributed by atoms with E-state index in [2.05, 4.69) is 10.6 Å². The van der Waals surface area contributed by atoms with Gasteiger partial charge in [0.25, 0.3) is 0 Å². The molecule has 1 spiro atoms. The lowest BCUT2D eigenvalue weighted by Gasteiger charge is -2.39. The largest absolute Gasteiger partial charge is 0.351 e. The van der Waals surface area contributed by atoms with Crippen molar-refractivity contribution in [1.82, 2.24) is 15.5 Å². The van der Waals surface area contributed by atoms with Gasteiger partial charge in [0.1, 0.15) is 5.82 Å². The summed E-state index contributed by atoms with van der Waals surface area (Å²) in [5.74, 6) is -0.187. The third-order valence-electron chi connectivity index (χ3n) is 4.58. The van der Waals surface area contributed by atoms with Gasteiger partial charge in [-0.3, -0.25) is 4.79 Å². The van der Waals surface area contributed by atoms with E-state index in [1.54, 1.807) is 17.0 Å². The molecule has 2 aliphatic rings. The highest BCUT2D eigenvalue weighted by Gasteiger charge is 2.40.